The summed E-state index contributed by atoms with van der Waals surface area (Å²) in [5.41, 5.74) is 0.112. The Balaban J connectivity index is 1.92. The van der Waals surface area contributed by atoms with E-state index in [1.54, 1.807) is 0 Å². The van der Waals surface area contributed by atoms with Gasteiger partial charge in [-0.25, -0.2) is 5.10 Å². The molecule has 0 spiro atoms. The number of unbranched alkanes of at least 4 members (excludes halogenated alkanes) is 12. The van der Waals surface area contributed by atoms with Crippen molar-refractivity contribution in [2.45, 2.75) is 122 Å². The molecule has 1 aromatic rings. The fraction of sp³-hybridized carbons (Fsp3) is 0.950. The van der Waals surface area contributed by atoms with Gasteiger partial charge in [-0.15, -0.1) is 5.10 Å². The number of nitrogens with one attached hydrogen (secondary N) is 1. The van der Waals surface area contributed by atoms with Crippen molar-refractivity contribution < 1.29 is 0 Å². The van der Waals surface area contributed by atoms with Crippen LogP contribution in [0.3, 0.4) is 0 Å². The molecule has 1 N–H and O–H groups in total. The quantitative estimate of drug-likeness (QED) is 0.358. The third kappa shape index (κ3) is 8.79. The molecule has 1 heterocycles. The van der Waals surface area contributed by atoms with Crippen LogP contribution in [0.1, 0.15) is 123 Å². The van der Waals surface area contributed by atoms with E-state index in [1.165, 1.54) is 89.9 Å². The lowest BCUT2D eigenvalue weighted by molar-refractivity contribution is 0.373. The average molecular weight is 337 g/mol. The van der Waals surface area contributed by atoms with Crippen molar-refractivity contribution in [2.75, 3.05) is 0 Å². The molecule has 0 aliphatic carbocycles. The summed E-state index contributed by atoms with van der Waals surface area (Å²) in [5, 5.41) is 14.5. The molecular weight excluding hydrogens is 296 g/mol. The van der Waals surface area contributed by atoms with Gasteiger partial charge in [0.25, 0.3) is 0 Å². The molecule has 0 bridgehead atoms. The minimum absolute atomic E-state index is 0.112. The molecule has 0 aromatic carbocycles. The maximum atomic E-state index is 4.12. The molecule has 0 saturated carbocycles. The molecule has 0 aliphatic heterocycles. The summed E-state index contributed by atoms with van der Waals surface area (Å²) in [7, 11) is 0. The number of aromatic nitrogens is 4. The van der Waals surface area contributed by atoms with Crippen molar-refractivity contribution in [3.05, 3.63) is 5.82 Å². The Kier molecular flexibility index (Phi) is 11.8. The SMILES string of the molecule is CCCCCCCCCCCCCCCC(C)(CC)c1nnn[nH]1. The number of nitrogens with zero attached hydrogens (tertiary/aromatic N) is 3. The first-order valence-electron chi connectivity index (χ1n) is 10.5. The van der Waals surface area contributed by atoms with Gasteiger partial charge in [0, 0.05) is 5.41 Å². The summed E-state index contributed by atoms with van der Waals surface area (Å²) >= 11 is 0. The van der Waals surface area contributed by atoms with Gasteiger partial charge in [-0.2, -0.15) is 0 Å². The monoisotopic (exact) mass is 336 g/mol. The number of H-pyrrole nitrogens is 1. The molecule has 1 atom stereocenters. The van der Waals surface area contributed by atoms with Crippen molar-refractivity contribution in [2.24, 2.45) is 0 Å². The van der Waals surface area contributed by atoms with Crippen LogP contribution in [0.25, 0.3) is 0 Å². The van der Waals surface area contributed by atoms with E-state index < -0.39 is 0 Å². The van der Waals surface area contributed by atoms with Gasteiger partial charge in [0.2, 0.25) is 0 Å². The van der Waals surface area contributed by atoms with E-state index in [-0.39, 0.29) is 5.41 Å². The van der Waals surface area contributed by atoms with Crippen LogP contribution in [0.5, 0.6) is 0 Å². The maximum absolute atomic E-state index is 4.12. The van der Waals surface area contributed by atoms with Crippen molar-refractivity contribution in [3.8, 4) is 0 Å². The van der Waals surface area contributed by atoms with E-state index in [1.807, 2.05) is 0 Å². The summed E-state index contributed by atoms with van der Waals surface area (Å²) in [6.07, 6.45) is 20.5. The molecule has 0 radical (unpaired) electrons. The summed E-state index contributed by atoms with van der Waals surface area (Å²) in [5.74, 6) is 0.948. The summed E-state index contributed by atoms with van der Waals surface area (Å²) in [6, 6.07) is 0. The third-order valence-electron chi connectivity index (χ3n) is 5.53. The second-order valence-corrected chi connectivity index (χ2v) is 7.66. The molecule has 1 unspecified atom stereocenters. The van der Waals surface area contributed by atoms with E-state index in [0.717, 1.165) is 12.2 Å². The van der Waals surface area contributed by atoms with Crippen LogP contribution in [-0.4, -0.2) is 20.6 Å². The molecule has 0 aliphatic rings. The molecule has 24 heavy (non-hydrogen) atoms. The molecule has 4 nitrogen and oxygen atoms in total. The Morgan fingerprint density at radius 1 is 0.750 bits per heavy atom. The Bertz CT molecular complexity index is 377. The van der Waals surface area contributed by atoms with Crippen LogP contribution in [0, 0.1) is 0 Å². The molecule has 1 aromatic heterocycles. The van der Waals surface area contributed by atoms with Gasteiger partial charge in [-0.3, -0.25) is 0 Å². The highest BCUT2D eigenvalue weighted by molar-refractivity contribution is 5.01. The number of hydrogen-bond donors (Lipinski definition) is 1. The zero-order valence-corrected chi connectivity index (χ0v) is 16.4. The predicted octanol–water partition coefficient (Wildman–Crippen LogP) is 6.35. The summed E-state index contributed by atoms with van der Waals surface area (Å²) in [6.45, 7) is 6.79. The van der Waals surface area contributed by atoms with E-state index in [9.17, 15) is 0 Å². The first-order chi connectivity index (χ1) is 11.7. The lowest BCUT2D eigenvalue weighted by Crippen LogP contribution is -2.22. The van der Waals surface area contributed by atoms with Crippen molar-refractivity contribution in [3.63, 3.8) is 0 Å². The second-order valence-electron chi connectivity index (χ2n) is 7.66. The van der Waals surface area contributed by atoms with E-state index in [4.69, 9.17) is 0 Å². The molecule has 140 valence electrons. The summed E-state index contributed by atoms with van der Waals surface area (Å²) < 4.78 is 0. The molecule has 0 fully saturated rings. The first-order valence-corrected chi connectivity index (χ1v) is 10.5. The van der Waals surface area contributed by atoms with Gasteiger partial charge in [0.1, 0.15) is 0 Å². The molecule has 4 heteroatoms. The highest BCUT2D eigenvalue weighted by Crippen LogP contribution is 2.30. The zero-order valence-electron chi connectivity index (χ0n) is 16.4. The van der Waals surface area contributed by atoms with Gasteiger partial charge in [-0.05, 0) is 23.3 Å². The fourth-order valence-corrected chi connectivity index (χ4v) is 3.41. The zero-order chi connectivity index (χ0) is 17.5. The lowest BCUT2D eigenvalue weighted by atomic mass is 9.81. The Hall–Kier alpha value is -0.930. The standard InChI is InChI=1S/C20H40N4/c1-4-6-7-8-9-10-11-12-13-14-15-16-17-18-20(3,5-2)19-21-23-24-22-19/h4-18H2,1-3H3,(H,21,22,23,24). The predicted molar refractivity (Wildman–Crippen MR) is 102 cm³/mol. The minimum atomic E-state index is 0.112. The van der Waals surface area contributed by atoms with E-state index in [0.29, 0.717) is 0 Å². The topological polar surface area (TPSA) is 54.5 Å². The normalized spacial score (nSPS) is 14.0. The highest BCUT2D eigenvalue weighted by Gasteiger charge is 2.27. The average Bonchev–Trinajstić information content (AvgIpc) is 3.14. The van der Waals surface area contributed by atoms with Crippen LogP contribution in [0.2, 0.25) is 0 Å². The number of aromatic amines is 1. The molecule has 1 rings (SSSR count). The lowest BCUT2D eigenvalue weighted by Gasteiger charge is -2.24. The van der Waals surface area contributed by atoms with E-state index >= 15 is 0 Å². The maximum Gasteiger partial charge on any atom is 0.154 e. The second kappa shape index (κ2) is 13.4. The third-order valence-corrected chi connectivity index (χ3v) is 5.53. The largest absolute Gasteiger partial charge is 0.242 e. The number of rotatable bonds is 16. The molecular formula is C20H40N4. The van der Waals surface area contributed by atoms with Gasteiger partial charge < -0.3 is 0 Å². The van der Waals surface area contributed by atoms with Crippen LogP contribution in [0.4, 0.5) is 0 Å². The van der Waals surface area contributed by atoms with Crippen LogP contribution >= 0.6 is 0 Å². The van der Waals surface area contributed by atoms with Gasteiger partial charge in [0.15, 0.2) is 5.82 Å². The highest BCUT2D eigenvalue weighted by atomic mass is 15.5. The molecule has 0 amide bonds. The number of tetrazole rings is 1. The van der Waals surface area contributed by atoms with Gasteiger partial charge in [0.05, 0.1) is 0 Å². The van der Waals surface area contributed by atoms with Crippen molar-refractivity contribution in [1.82, 2.24) is 20.6 Å². The van der Waals surface area contributed by atoms with Crippen molar-refractivity contribution >= 4 is 0 Å². The first kappa shape index (κ1) is 21.1. The van der Waals surface area contributed by atoms with Crippen molar-refractivity contribution in [1.29, 1.82) is 0 Å². The van der Waals surface area contributed by atoms with Crippen LogP contribution < -0.4 is 0 Å². The van der Waals surface area contributed by atoms with Crippen LogP contribution in [-0.2, 0) is 5.41 Å². The minimum Gasteiger partial charge on any atom is -0.242 e. The molecule has 0 saturated heterocycles. The van der Waals surface area contributed by atoms with E-state index in [2.05, 4.69) is 41.4 Å². The van der Waals surface area contributed by atoms with Gasteiger partial charge in [-0.1, -0.05) is 104 Å². The Morgan fingerprint density at radius 3 is 1.67 bits per heavy atom. The Morgan fingerprint density at radius 2 is 1.25 bits per heavy atom. The van der Waals surface area contributed by atoms with Gasteiger partial charge >= 0.3 is 0 Å². The smallest absolute Gasteiger partial charge is 0.154 e. The Labute approximate surface area is 149 Å². The van der Waals surface area contributed by atoms with Crippen LogP contribution in [0.15, 0.2) is 0 Å². The number of hydrogen-bond acceptors (Lipinski definition) is 3. The fourth-order valence-electron chi connectivity index (χ4n) is 3.41. The summed E-state index contributed by atoms with van der Waals surface area (Å²) in [4.78, 5) is 0.